The van der Waals surface area contributed by atoms with Crippen LogP contribution in [-0.4, -0.2) is 37.5 Å². The first kappa shape index (κ1) is 21.6. The largest absolute Gasteiger partial charge is 0.505 e. The Bertz CT molecular complexity index is 1030. The summed E-state index contributed by atoms with van der Waals surface area (Å²) in [4.78, 5) is 1.57. The minimum Gasteiger partial charge on any atom is -0.505 e. The van der Waals surface area contributed by atoms with Gasteiger partial charge in [0, 0.05) is 5.56 Å². The summed E-state index contributed by atoms with van der Waals surface area (Å²) in [6.45, 7) is 10.6. The van der Waals surface area contributed by atoms with Gasteiger partial charge in [-0.05, 0) is 72.4 Å². The maximum Gasteiger partial charge on any atom is 0.146 e. The zero-order valence-corrected chi connectivity index (χ0v) is 19.1. The Labute approximate surface area is 176 Å². The van der Waals surface area contributed by atoms with Crippen LogP contribution in [0.3, 0.4) is 0 Å². The van der Waals surface area contributed by atoms with Gasteiger partial charge in [0.2, 0.25) is 0 Å². The van der Waals surface area contributed by atoms with E-state index in [0.717, 1.165) is 35.0 Å². The van der Waals surface area contributed by atoms with Crippen molar-refractivity contribution in [2.45, 2.75) is 59.3 Å². The summed E-state index contributed by atoms with van der Waals surface area (Å²) in [6.07, 6.45) is 3.40. The van der Waals surface area contributed by atoms with E-state index in [1.165, 1.54) is 23.5 Å². The van der Waals surface area contributed by atoms with Crippen molar-refractivity contribution < 1.29 is 5.11 Å². The predicted octanol–water partition coefficient (Wildman–Crippen LogP) is 5.78. The minimum absolute atomic E-state index is 0.158. The number of fused-ring (bicyclic) bond motifs is 1. The van der Waals surface area contributed by atoms with Gasteiger partial charge in [0.05, 0.1) is 0 Å². The third-order valence-corrected chi connectivity index (χ3v) is 6.95. The lowest BCUT2D eigenvalue weighted by atomic mass is 9.85. The van der Waals surface area contributed by atoms with E-state index in [1.807, 2.05) is 25.1 Å². The van der Waals surface area contributed by atoms with Crippen molar-refractivity contribution in [3.05, 3.63) is 47.0 Å². The summed E-state index contributed by atoms with van der Waals surface area (Å²) < 4.78 is 0. The number of phenolic OH excluding ortho intramolecular Hbond substituents is 1. The number of phenols is 1. The summed E-state index contributed by atoms with van der Waals surface area (Å²) in [5.74, 6) is 6.93. The quantitative estimate of drug-likeness (QED) is 0.502. The Morgan fingerprint density at radius 1 is 1.07 bits per heavy atom. The summed E-state index contributed by atoms with van der Waals surface area (Å²) >= 11 is 0. The fourth-order valence-electron chi connectivity index (χ4n) is 3.58. The Hall–Kier alpha value is -2.14. The Kier molecular flexibility index (Phi) is 6.47. The van der Waals surface area contributed by atoms with Gasteiger partial charge in [0.15, 0.2) is 0 Å². The summed E-state index contributed by atoms with van der Waals surface area (Å²) in [5, 5.41) is 20.2. The lowest BCUT2D eigenvalue weighted by Crippen LogP contribution is -2.13. The molecule has 0 fully saturated rings. The molecule has 0 aliphatic heterocycles. The minimum atomic E-state index is -0.158. The van der Waals surface area contributed by atoms with Crippen LogP contribution >= 0.6 is 10.5 Å². The molecule has 0 aliphatic carbocycles. The first-order valence-electron chi connectivity index (χ1n) is 10.4. The summed E-state index contributed by atoms with van der Waals surface area (Å²) in [6, 6.07) is 10.3. The van der Waals surface area contributed by atoms with Gasteiger partial charge >= 0.3 is 0 Å². The molecule has 0 saturated carbocycles. The zero-order chi connectivity index (χ0) is 21.2. The summed E-state index contributed by atoms with van der Waals surface area (Å²) in [7, 11) is 0.284. The van der Waals surface area contributed by atoms with Crippen LogP contribution in [0, 0.1) is 6.92 Å². The standard InChI is InChI=1S/C24H33N3OS/c1-7-12-29(6)13-8-9-18-10-11-20-21(16-18)26-27(25-20)22-15-17(2)14-19(23(22)28)24(3,4)5/h10-11,14-16,28H,6-9,12-13H2,1-5H3. The SMILES string of the molecule is C=S(CCC)CCCc1ccc2nn(-c3cc(C)cc(C(C)(C)C)c3O)nc2c1. The second-order valence-corrected chi connectivity index (χ2v) is 10.9. The lowest BCUT2D eigenvalue weighted by Gasteiger charge is -2.22. The molecule has 0 aliphatic rings. The van der Waals surface area contributed by atoms with E-state index >= 15 is 0 Å². The molecule has 0 bridgehead atoms. The average Bonchev–Trinajstić information content (AvgIpc) is 3.05. The van der Waals surface area contributed by atoms with Crippen LogP contribution in [0.15, 0.2) is 30.3 Å². The number of benzene rings is 2. The second-order valence-electron chi connectivity index (χ2n) is 8.87. The van der Waals surface area contributed by atoms with E-state index in [2.05, 4.69) is 55.9 Å². The molecular formula is C24H33N3OS. The number of hydrogen-bond acceptors (Lipinski definition) is 3. The maximum atomic E-state index is 10.9. The highest BCUT2D eigenvalue weighted by Crippen LogP contribution is 2.36. The van der Waals surface area contributed by atoms with Gasteiger partial charge in [-0.25, -0.2) is 0 Å². The Morgan fingerprint density at radius 2 is 1.79 bits per heavy atom. The van der Waals surface area contributed by atoms with E-state index in [1.54, 1.807) is 4.80 Å². The van der Waals surface area contributed by atoms with Crippen LogP contribution in [0.1, 0.15) is 57.2 Å². The van der Waals surface area contributed by atoms with Crippen molar-refractivity contribution in [3.63, 3.8) is 0 Å². The topological polar surface area (TPSA) is 50.9 Å². The Morgan fingerprint density at radius 3 is 2.48 bits per heavy atom. The van der Waals surface area contributed by atoms with Crippen LogP contribution in [0.2, 0.25) is 0 Å². The molecule has 5 heteroatoms. The highest BCUT2D eigenvalue weighted by molar-refractivity contribution is 8.14. The van der Waals surface area contributed by atoms with E-state index in [4.69, 9.17) is 0 Å². The first-order chi connectivity index (χ1) is 13.7. The molecule has 1 heterocycles. The highest BCUT2D eigenvalue weighted by Gasteiger charge is 2.22. The fourth-order valence-corrected chi connectivity index (χ4v) is 4.91. The number of rotatable bonds is 7. The van der Waals surface area contributed by atoms with Crippen LogP contribution in [0.25, 0.3) is 16.7 Å². The molecule has 29 heavy (non-hydrogen) atoms. The van der Waals surface area contributed by atoms with Crippen molar-refractivity contribution in [2.24, 2.45) is 0 Å². The van der Waals surface area contributed by atoms with E-state index < -0.39 is 0 Å². The van der Waals surface area contributed by atoms with Gasteiger partial charge in [0.25, 0.3) is 0 Å². The number of aromatic nitrogens is 3. The molecule has 156 valence electrons. The van der Waals surface area contributed by atoms with Crippen LogP contribution in [-0.2, 0) is 11.8 Å². The number of aromatic hydroxyl groups is 1. The Balaban J connectivity index is 1.87. The van der Waals surface area contributed by atoms with Gasteiger partial charge in [-0.2, -0.15) is 10.5 Å². The lowest BCUT2D eigenvalue weighted by molar-refractivity contribution is 0.440. The first-order valence-corrected chi connectivity index (χ1v) is 12.1. The molecule has 1 unspecified atom stereocenters. The fraction of sp³-hybridized carbons (Fsp3) is 0.458. The number of hydrogen-bond donors (Lipinski definition) is 1. The average molecular weight is 412 g/mol. The molecule has 0 amide bonds. The molecule has 2 aromatic carbocycles. The molecule has 0 saturated heterocycles. The van der Waals surface area contributed by atoms with Crippen LogP contribution in [0.4, 0.5) is 0 Å². The predicted molar refractivity (Wildman–Crippen MR) is 127 cm³/mol. The van der Waals surface area contributed by atoms with E-state index in [0.29, 0.717) is 5.69 Å². The van der Waals surface area contributed by atoms with Crippen molar-refractivity contribution in [1.82, 2.24) is 15.0 Å². The molecular weight excluding hydrogens is 378 g/mol. The number of nitrogens with zero attached hydrogens (tertiary/aromatic N) is 3. The zero-order valence-electron chi connectivity index (χ0n) is 18.3. The van der Waals surface area contributed by atoms with Crippen LogP contribution < -0.4 is 0 Å². The van der Waals surface area contributed by atoms with Crippen molar-refractivity contribution >= 4 is 27.4 Å². The molecule has 1 aromatic heterocycles. The van der Waals surface area contributed by atoms with Gasteiger partial charge < -0.3 is 5.11 Å². The van der Waals surface area contributed by atoms with Crippen LogP contribution in [0.5, 0.6) is 5.75 Å². The second kappa shape index (κ2) is 8.70. The highest BCUT2D eigenvalue weighted by atomic mass is 32.2. The van der Waals surface area contributed by atoms with E-state index in [-0.39, 0.29) is 21.6 Å². The molecule has 1 atom stereocenters. The van der Waals surface area contributed by atoms with Gasteiger partial charge in [-0.15, -0.1) is 15.0 Å². The van der Waals surface area contributed by atoms with Crippen molar-refractivity contribution in [2.75, 3.05) is 11.5 Å². The van der Waals surface area contributed by atoms with Crippen molar-refractivity contribution in [3.8, 4) is 11.4 Å². The van der Waals surface area contributed by atoms with E-state index in [9.17, 15) is 5.11 Å². The molecule has 3 rings (SSSR count). The van der Waals surface area contributed by atoms with Gasteiger partial charge in [-0.1, -0.05) is 45.7 Å². The molecule has 4 nitrogen and oxygen atoms in total. The summed E-state index contributed by atoms with van der Waals surface area (Å²) in [5.41, 5.74) is 5.45. The maximum absolute atomic E-state index is 10.9. The molecule has 0 radical (unpaired) electrons. The number of aryl methyl sites for hydroxylation is 2. The third-order valence-electron chi connectivity index (χ3n) is 5.09. The smallest absolute Gasteiger partial charge is 0.146 e. The van der Waals surface area contributed by atoms with Gasteiger partial charge in [-0.3, -0.25) is 0 Å². The monoisotopic (exact) mass is 411 g/mol. The third kappa shape index (κ3) is 5.08. The normalized spacial score (nSPS) is 13.1. The van der Waals surface area contributed by atoms with Gasteiger partial charge in [0.1, 0.15) is 22.5 Å². The van der Waals surface area contributed by atoms with Crippen molar-refractivity contribution in [1.29, 1.82) is 0 Å². The molecule has 0 spiro atoms. The molecule has 3 aromatic rings. The molecule has 1 N–H and O–H groups in total.